The molecular weight excluding hydrogens is 416 g/mol. The van der Waals surface area contributed by atoms with Gasteiger partial charge in [-0.2, -0.15) is 10.2 Å². The first-order valence-corrected chi connectivity index (χ1v) is 8.16. The maximum absolute atomic E-state index is 5.10. The molecule has 2 aromatic rings. The number of rotatable bonds is 5. The Morgan fingerprint density at radius 1 is 0.808 bits per heavy atom. The quantitative estimate of drug-likeness (QED) is 0.251. The van der Waals surface area contributed by atoms with Crippen LogP contribution in [0.4, 0.5) is 11.4 Å². The van der Waals surface area contributed by atoms with Gasteiger partial charge in [-0.05, 0) is 31.2 Å². The number of nitrogens with zero attached hydrogens (tertiary/aromatic N) is 4. The molecule has 2 rings (SSSR count). The normalized spacial score (nSPS) is 12.6. The number of aliphatic imine (C=N–C) groups is 2. The van der Waals surface area contributed by atoms with E-state index in [-0.39, 0.29) is 27.4 Å². The Hall–Kier alpha value is -2.32. The van der Waals surface area contributed by atoms with Crippen molar-refractivity contribution in [3.8, 4) is 0 Å². The number of hydrogen-bond donors (Lipinski definition) is 2. The van der Waals surface area contributed by atoms with Gasteiger partial charge in [0.1, 0.15) is 0 Å². The molecule has 137 valence electrons. The monoisotopic (exact) mass is 431 g/mol. The first-order chi connectivity index (χ1) is 12.1. The van der Waals surface area contributed by atoms with Crippen molar-refractivity contribution < 1.29 is 17.1 Å². The zero-order valence-corrected chi connectivity index (χ0v) is 16.3. The summed E-state index contributed by atoms with van der Waals surface area (Å²) in [7, 11) is 0. The molecule has 0 unspecified atom stereocenters. The van der Waals surface area contributed by atoms with E-state index in [0.29, 0.717) is 5.71 Å². The van der Waals surface area contributed by atoms with E-state index >= 15 is 0 Å². The zero-order valence-electron chi connectivity index (χ0n) is 13.8. The standard InChI is InChI=1S/C17H18N6S2.Cu/c1-13(21-23-17(25)20-15-10-6-3-7-11-15)12-18-22-16(24)19-14-8-4-2-5-9-14;/h2-12H,1H3,(H2,19,22,24)(H2,20,23,25);/q;+2/p-2/b18-12-,21-13-;. The molecular formula is C17H16CuN6S2. The Labute approximate surface area is 174 Å². The molecule has 2 N–H and O–H groups in total. The Balaban J connectivity index is 0.00000338. The summed E-state index contributed by atoms with van der Waals surface area (Å²) >= 11 is 10.2. The van der Waals surface area contributed by atoms with Crippen LogP contribution in [0, 0.1) is 0 Å². The van der Waals surface area contributed by atoms with Gasteiger partial charge in [0.15, 0.2) is 0 Å². The second-order valence-electron chi connectivity index (χ2n) is 4.74. The van der Waals surface area contributed by atoms with Crippen LogP contribution in [0.5, 0.6) is 0 Å². The van der Waals surface area contributed by atoms with E-state index in [1.807, 2.05) is 60.7 Å². The van der Waals surface area contributed by atoms with Crippen molar-refractivity contribution in [1.82, 2.24) is 10.9 Å². The van der Waals surface area contributed by atoms with Crippen LogP contribution < -0.4 is 10.9 Å². The summed E-state index contributed by atoms with van der Waals surface area (Å²) in [5.74, 6) is 0. The van der Waals surface area contributed by atoms with Crippen LogP contribution in [-0.2, 0) is 42.3 Å². The third-order valence-electron chi connectivity index (χ3n) is 2.71. The molecule has 6 nitrogen and oxygen atoms in total. The number of benzene rings is 2. The maximum Gasteiger partial charge on any atom is 2.00 e. The SMILES string of the molecule is CC(/C=N\NC([S-])=Nc1ccccc1)=N/NC([S-])=Nc1ccccc1.[Cu+2]. The van der Waals surface area contributed by atoms with E-state index in [4.69, 9.17) is 25.3 Å². The van der Waals surface area contributed by atoms with Crippen LogP contribution in [0.2, 0.25) is 0 Å². The van der Waals surface area contributed by atoms with Crippen molar-refractivity contribution in [2.24, 2.45) is 20.2 Å². The Kier molecular flexibility index (Phi) is 10.1. The topological polar surface area (TPSA) is 73.5 Å². The molecule has 0 aromatic heterocycles. The summed E-state index contributed by atoms with van der Waals surface area (Å²) in [6, 6.07) is 18.8. The van der Waals surface area contributed by atoms with E-state index in [0.717, 1.165) is 11.4 Å². The fraction of sp³-hybridized carbons (Fsp3) is 0.0588. The molecule has 9 heteroatoms. The Morgan fingerprint density at radius 3 is 1.77 bits per heavy atom. The van der Waals surface area contributed by atoms with E-state index in [1.165, 1.54) is 6.21 Å². The molecule has 0 aliphatic rings. The third-order valence-corrected chi connectivity index (χ3v) is 3.08. The predicted octanol–water partition coefficient (Wildman–Crippen LogP) is 2.99. The van der Waals surface area contributed by atoms with Crippen molar-refractivity contribution >= 4 is 58.9 Å². The van der Waals surface area contributed by atoms with Gasteiger partial charge in [-0.15, -0.1) is 0 Å². The summed E-state index contributed by atoms with van der Waals surface area (Å²) in [4.78, 5) is 8.40. The number of hydrogen-bond acceptors (Lipinski definition) is 6. The van der Waals surface area contributed by atoms with E-state index in [2.05, 4.69) is 31.0 Å². The zero-order chi connectivity index (χ0) is 17.9. The van der Waals surface area contributed by atoms with Gasteiger partial charge in [0, 0.05) is 10.3 Å². The minimum atomic E-state index is 0. The van der Waals surface area contributed by atoms with Crippen LogP contribution in [-0.4, -0.2) is 22.3 Å². The summed E-state index contributed by atoms with van der Waals surface area (Å²) in [5, 5.41) is 8.57. The molecule has 0 bridgehead atoms. The number of nitrogens with one attached hydrogen (secondary N) is 2. The molecule has 0 fully saturated rings. The molecule has 0 atom stereocenters. The van der Waals surface area contributed by atoms with Gasteiger partial charge < -0.3 is 25.3 Å². The van der Waals surface area contributed by atoms with Gasteiger partial charge in [-0.3, -0.25) is 20.8 Å². The molecule has 0 spiro atoms. The summed E-state index contributed by atoms with van der Waals surface area (Å²) in [5.41, 5.74) is 7.46. The Morgan fingerprint density at radius 2 is 1.27 bits per heavy atom. The third kappa shape index (κ3) is 8.68. The average molecular weight is 432 g/mol. The van der Waals surface area contributed by atoms with Crippen LogP contribution in [0.1, 0.15) is 6.92 Å². The van der Waals surface area contributed by atoms with Crippen molar-refractivity contribution in [3.63, 3.8) is 0 Å². The van der Waals surface area contributed by atoms with Crippen LogP contribution in [0.3, 0.4) is 0 Å². The fourth-order valence-corrected chi connectivity index (χ4v) is 1.94. The van der Waals surface area contributed by atoms with Crippen LogP contribution in [0.15, 0.2) is 80.9 Å². The van der Waals surface area contributed by atoms with Gasteiger partial charge in [-0.25, -0.2) is 0 Å². The fourth-order valence-electron chi connectivity index (χ4n) is 1.64. The molecule has 1 radical (unpaired) electrons. The van der Waals surface area contributed by atoms with E-state index in [1.54, 1.807) is 6.92 Å². The first kappa shape index (κ1) is 21.7. The van der Waals surface area contributed by atoms with Gasteiger partial charge >= 0.3 is 17.1 Å². The molecule has 0 aliphatic carbocycles. The van der Waals surface area contributed by atoms with Gasteiger partial charge in [0.05, 0.1) is 23.3 Å². The Bertz CT molecular complexity index is 791. The molecule has 2 aromatic carbocycles. The second kappa shape index (κ2) is 12.1. The average Bonchev–Trinajstić information content (AvgIpc) is 2.62. The van der Waals surface area contributed by atoms with Gasteiger partial charge in [0.25, 0.3) is 0 Å². The minimum absolute atomic E-state index is 0. The summed E-state index contributed by atoms with van der Waals surface area (Å²) in [6.07, 6.45) is 1.50. The number of amidine groups is 2. The smallest absolute Gasteiger partial charge is 0.741 e. The number of hydrazone groups is 2. The van der Waals surface area contributed by atoms with Crippen molar-refractivity contribution in [2.75, 3.05) is 0 Å². The van der Waals surface area contributed by atoms with Crippen molar-refractivity contribution in [1.29, 1.82) is 0 Å². The van der Waals surface area contributed by atoms with Crippen molar-refractivity contribution in [2.45, 2.75) is 6.92 Å². The molecule has 0 saturated heterocycles. The first-order valence-electron chi connectivity index (χ1n) is 7.34. The molecule has 0 amide bonds. The molecule has 26 heavy (non-hydrogen) atoms. The summed E-state index contributed by atoms with van der Waals surface area (Å²) < 4.78 is 0. The minimum Gasteiger partial charge on any atom is -0.741 e. The molecule has 0 saturated carbocycles. The summed E-state index contributed by atoms with van der Waals surface area (Å²) in [6.45, 7) is 1.76. The van der Waals surface area contributed by atoms with E-state index < -0.39 is 0 Å². The maximum atomic E-state index is 5.10. The molecule has 0 heterocycles. The van der Waals surface area contributed by atoms with E-state index in [9.17, 15) is 0 Å². The van der Waals surface area contributed by atoms with Crippen LogP contribution >= 0.6 is 0 Å². The van der Waals surface area contributed by atoms with Crippen LogP contribution in [0.25, 0.3) is 0 Å². The largest absolute Gasteiger partial charge is 2.00 e. The predicted molar refractivity (Wildman–Crippen MR) is 110 cm³/mol. The van der Waals surface area contributed by atoms with Gasteiger partial charge in [0.2, 0.25) is 0 Å². The molecule has 0 aliphatic heterocycles. The second-order valence-corrected chi connectivity index (χ2v) is 5.51. The van der Waals surface area contributed by atoms with Crippen molar-refractivity contribution in [3.05, 3.63) is 60.7 Å². The van der Waals surface area contributed by atoms with Gasteiger partial charge in [-0.1, -0.05) is 36.4 Å². The number of para-hydroxylation sites is 2.